The van der Waals surface area contributed by atoms with Crippen molar-refractivity contribution in [1.29, 1.82) is 0 Å². The second-order valence-electron chi connectivity index (χ2n) is 4.94. The van der Waals surface area contributed by atoms with Crippen molar-refractivity contribution in [2.45, 2.75) is 26.3 Å². The fourth-order valence-electron chi connectivity index (χ4n) is 1.71. The minimum atomic E-state index is -0.536. The van der Waals surface area contributed by atoms with Crippen LogP contribution in [0.2, 0.25) is 0 Å². The molecule has 6 nitrogen and oxygen atoms in total. The Bertz CT molecular complexity index is 656. The molecule has 1 heterocycles. The monoisotopic (exact) mass is 301 g/mol. The summed E-state index contributed by atoms with van der Waals surface area (Å²) in [4.78, 5) is 15.8. The van der Waals surface area contributed by atoms with Gasteiger partial charge in [-0.3, -0.25) is 4.79 Å². The number of aromatic hydroxyl groups is 1. The number of carbonyl (C=O) groups is 1. The second-order valence-corrected chi connectivity index (χ2v) is 4.94. The zero-order valence-corrected chi connectivity index (χ0v) is 12.5. The lowest BCUT2D eigenvalue weighted by molar-refractivity contribution is -0.117. The largest absolute Gasteiger partial charge is 0.508 e. The van der Waals surface area contributed by atoms with Crippen molar-refractivity contribution >= 4 is 11.6 Å². The Hall–Kier alpha value is -2.60. The predicted octanol–water partition coefficient (Wildman–Crippen LogP) is 2.56. The molecular formula is C16H19N3O3. The van der Waals surface area contributed by atoms with Crippen LogP contribution in [-0.4, -0.2) is 22.0 Å². The molecule has 1 unspecified atom stereocenters. The number of aromatic nitrogens is 1. The lowest BCUT2D eigenvalue weighted by Crippen LogP contribution is -2.34. The first-order valence-corrected chi connectivity index (χ1v) is 6.99. The molecule has 0 bridgehead atoms. The molecule has 0 fully saturated rings. The highest BCUT2D eigenvalue weighted by molar-refractivity contribution is 5.94. The Morgan fingerprint density at radius 2 is 2.18 bits per heavy atom. The number of rotatable bonds is 5. The number of hydrogen-bond donors (Lipinski definition) is 3. The van der Waals surface area contributed by atoms with Gasteiger partial charge in [-0.15, -0.1) is 0 Å². The normalized spacial score (nSPS) is 11.8. The van der Waals surface area contributed by atoms with E-state index in [-0.39, 0.29) is 11.7 Å². The summed E-state index contributed by atoms with van der Waals surface area (Å²) < 4.78 is 5.53. The van der Waals surface area contributed by atoms with Crippen LogP contribution in [0.5, 0.6) is 17.4 Å². The molecule has 2 rings (SSSR count). The fraction of sp³-hybridized carbons (Fsp3) is 0.250. The highest BCUT2D eigenvalue weighted by Crippen LogP contribution is 2.26. The van der Waals surface area contributed by atoms with E-state index in [1.807, 2.05) is 6.92 Å². The molecule has 0 aliphatic rings. The lowest BCUT2D eigenvalue weighted by Gasteiger charge is -2.10. The number of phenolic OH excluding ortho intramolecular Hbond substituents is 1. The Labute approximate surface area is 128 Å². The van der Waals surface area contributed by atoms with E-state index < -0.39 is 6.04 Å². The van der Waals surface area contributed by atoms with E-state index in [2.05, 4.69) is 10.3 Å². The van der Waals surface area contributed by atoms with Gasteiger partial charge in [-0.05, 0) is 31.0 Å². The number of hydrogen-bond acceptors (Lipinski definition) is 5. The van der Waals surface area contributed by atoms with Gasteiger partial charge >= 0.3 is 0 Å². The number of amides is 1. The van der Waals surface area contributed by atoms with Gasteiger partial charge in [0, 0.05) is 12.1 Å². The van der Waals surface area contributed by atoms with E-state index in [1.165, 1.54) is 12.3 Å². The first-order valence-electron chi connectivity index (χ1n) is 6.99. The van der Waals surface area contributed by atoms with Crippen LogP contribution in [0.4, 0.5) is 5.69 Å². The molecule has 0 radical (unpaired) electrons. The number of carbonyl (C=O) groups excluding carboxylic acids is 1. The van der Waals surface area contributed by atoms with Gasteiger partial charge in [-0.25, -0.2) is 4.98 Å². The Morgan fingerprint density at radius 1 is 1.41 bits per heavy atom. The molecule has 1 aromatic carbocycles. The van der Waals surface area contributed by atoms with Crippen molar-refractivity contribution in [2.24, 2.45) is 5.73 Å². The third kappa shape index (κ3) is 3.95. The number of benzene rings is 1. The van der Waals surface area contributed by atoms with Gasteiger partial charge in [0.05, 0.1) is 17.9 Å². The average Bonchev–Trinajstić information content (AvgIpc) is 2.52. The van der Waals surface area contributed by atoms with Gasteiger partial charge in [0.25, 0.3) is 0 Å². The number of nitrogens with zero attached hydrogens (tertiary/aromatic N) is 1. The molecule has 116 valence electrons. The lowest BCUT2D eigenvalue weighted by atomic mass is 10.2. The number of ether oxygens (including phenoxy) is 1. The Morgan fingerprint density at radius 3 is 2.77 bits per heavy atom. The second kappa shape index (κ2) is 6.91. The number of nitrogens with one attached hydrogen (secondary N) is 1. The summed E-state index contributed by atoms with van der Waals surface area (Å²) in [7, 11) is 0. The third-order valence-corrected chi connectivity index (χ3v) is 3.18. The molecule has 0 saturated carbocycles. The standard InChI is InChI=1S/C16H19N3O3/c1-3-13(17)16(21)19-11-5-7-15(18-9-11)22-12-6-4-10(2)14(20)8-12/h4-9,13,20H,3,17H2,1-2H3,(H,19,21). The quantitative estimate of drug-likeness (QED) is 0.788. The molecule has 4 N–H and O–H groups in total. The summed E-state index contributed by atoms with van der Waals surface area (Å²) in [6.45, 7) is 3.65. The Balaban J connectivity index is 2.02. The maximum Gasteiger partial charge on any atom is 0.241 e. The van der Waals surface area contributed by atoms with Crippen molar-refractivity contribution in [1.82, 2.24) is 4.98 Å². The van der Waals surface area contributed by atoms with Crippen molar-refractivity contribution in [3.8, 4) is 17.4 Å². The van der Waals surface area contributed by atoms with Gasteiger partial charge in [-0.1, -0.05) is 13.0 Å². The Kier molecular flexibility index (Phi) is 4.95. The van der Waals surface area contributed by atoms with Crippen molar-refractivity contribution in [3.63, 3.8) is 0 Å². The van der Waals surface area contributed by atoms with Crippen LogP contribution in [0.1, 0.15) is 18.9 Å². The number of aryl methyl sites for hydroxylation is 1. The van der Waals surface area contributed by atoms with Gasteiger partial charge in [0.15, 0.2) is 0 Å². The third-order valence-electron chi connectivity index (χ3n) is 3.18. The predicted molar refractivity (Wildman–Crippen MR) is 84.1 cm³/mol. The van der Waals surface area contributed by atoms with E-state index in [1.54, 1.807) is 31.2 Å². The maximum atomic E-state index is 11.7. The van der Waals surface area contributed by atoms with Crippen LogP contribution in [0, 0.1) is 6.92 Å². The summed E-state index contributed by atoms with van der Waals surface area (Å²) in [5.74, 6) is 0.762. The van der Waals surface area contributed by atoms with E-state index >= 15 is 0 Å². The highest BCUT2D eigenvalue weighted by atomic mass is 16.5. The molecule has 0 saturated heterocycles. The van der Waals surface area contributed by atoms with E-state index in [4.69, 9.17) is 10.5 Å². The minimum Gasteiger partial charge on any atom is -0.508 e. The molecule has 22 heavy (non-hydrogen) atoms. The number of phenols is 1. The molecule has 6 heteroatoms. The molecule has 1 amide bonds. The summed E-state index contributed by atoms with van der Waals surface area (Å²) in [6.07, 6.45) is 2.06. The smallest absolute Gasteiger partial charge is 0.241 e. The van der Waals surface area contributed by atoms with Crippen molar-refractivity contribution in [2.75, 3.05) is 5.32 Å². The first-order chi connectivity index (χ1) is 10.5. The average molecular weight is 301 g/mol. The van der Waals surface area contributed by atoms with Gasteiger partial charge in [0.1, 0.15) is 11.5 Å². The molecule has 1 atom stereocenters. The maximum absolute atomic E-state index is 11.7. The van der Waals surface area contributed by atoms with Crippen molar-refractivity contribution < 1.29 is 14.6 Å². The highest BCUT2D eigenvalue weighted by Gasteiger charge is 2.11. The number of pyridine rings is 1. The molecule has 0 aliphatic heterocycles. The molecule has 0 spiro atoms. The molecule has 2 aromatic rings. The topological polar surface area (TPSA) is 97.5 Å². The first kappa shape index (κ1) is 15.8. The summed E-state index contributed by atoms with van der Waals surface area (Å²) >= 11 is 0. The van der Waals surface area contributed by atoms with Gasteiger partial charge < -0.3 is 20.9 Å². The van der Waals surface area contributed by atoms with E-state index in [9.17, 15) is 9.90 Å². The summed E-state index contributed by atoms with van der Waals surface area (Å²) in [6, 6.07) is 7.79. The van der Waals surface area contributed by atoms with Crippen LogP contribution in [-0.2, 0) is 4.79 Å². The van der Waals surface area contributed by atoms with Crippen LogP contribution in [0.25, 0.3) is 0 Å². The summed E-state index contributed by atoms with van der Waals surface area (Å²) in [5, 5.41) is 12.3. The van der Waals surface area contributed by atoms with Crippen LogP contribution in [0.15, 0.2) is 36.5 Å². The number of nitrogens with two attached hydrogens (primary N) is 1. The zero-order chi connectivity index (χ0) is 16.1. The fourth-order valence-corrected chi connectivity index (χ4v) is 1.71. The number of anilines is 1. The van der Waals surface area contributed by atoms with E-state index in [0.717, 1.165) is 5.56 Å². The zero-order valence-electron chi connectivity index (χ0n) is 12.5. The molecular weight excluding hydrogens is 282 g/mol. The minimum absolute atomic E-state index is 0.162. The van der Waals surface area contributed by atoms with E-state index in [0.29, 0.717) is 23.7 Å². The molecule has 0 aliphatic carbocycles. The SMILES string of the molecule is CCC(N)C(=O)Nc1ccc(Oc2ccc(C)c(O)c2)nc1. The van der Waals surface area contributed by atoms with Crippen LogP contribution >= 0.6 is 0 Å². The van der Waals surface area contributed by atoms with Crippen LogP contribution in [0.3, 0.4) is 0 Å². The van der Waals surface area contributed by atoms with Gasteiger partial charge in [0.2, 0.25) is 11.8 Å². The molecule has 1 aromatic heterocycles. The van der Waals surface area contributed by atoms with Crippen molar-refractivity contribution in [3.05, 3.63) is 42.1 Å². The van der Waals surface area contributed by atoms with Gasteiger partial charge in [-0.2, -0.15) is 0 Å². The summed E-state index contributed by atoms with van der Waals surface area (Å²) in [5.41, 5.74) is 6.96. The van der Waals surface area contributed by atoms with Crippen LogP contribution < -0.4 is 15.8 Å².